The number of carboxylic acids is 1. The van der Waals surface area contributed by atoms with Crippen LogP contribution in [0.5, 0.6) is 0 Å². The van der Waals surface area contributed by atoms with Gasteiger partial charge in [-0.15, -0.1) is 11.3 Å². The largest absolute Gasteiger partial charge is 0.481 e. The minimum Gasteiger partial charge on any atom is -0.481 e. The molecule has 1 aromatic heterocycles. The monoisotopic (exact) mass is 305 g/mol. The van der Waals surface area contributed by atoms with Crippen LogP contribution >= 0.6 is 34.7 Å². The molecule has 1 aliphatic rings. The Morgan fingerprint density at radius 1 is 1.72 bits per heavy atom. The van der Waals surface area contributed by atoms with Crippen LogP contribution in [0, 0.1) is 0 Å². The third-order valence-corrected chi connectivity index (χ3v) is 5.45. The highest BCUT2D eigenvalue weighted by atomic mass is 35.5. The number of rotatable bonds is 4. The zero-order chi connectivity index (χ0) is 13.1. The molecule has 0 aliphatic carbocycles. The maximum absolute atomic E-state index is 10.9. The number of aliphatic carboxylic acids is 1. The van der Waals surface area contributed by atoms with Crippen LogP contribution < -0.4 is 0 Å². The lowest BCUT2D eigenvalue weighted by atomic mass is 10.1. The van der Waals surface area contributed by atoms with Gasteiger partial charge in [0.2, 0.25) is 0 Å². The average Bonchev–Trinajstić information content (AvgIpc) is 2.75. The van der Waals surface area contributed by atoms with Crippen molar-refractivity contribution in [3.05, 3.63) is 21.3 Å². The van der Waals surface area contributed by atoms with E-state index in [1.807, 2.05) is 17.8 Å². The van der Waals surface area contributed by atoms with E-state index in [9.17, 15) is 4.79 Å². The lowest BCUT2D eigenvalue weighted by Gasteiger charge is -2.38. The number of hydrogen-bond donors (Lipinski definition) is 1. The van der Waals surface area contributed by atoms with E-state index in [4.69, 9.17) is 16.7 Å². The van der Waals surface area contributed by atoms with Crippen LogP contribution in [0.25, 0.3) is 0 Å². The number of halogens is 1. The molecule has 0 aromatic carbocycles. The van der Waals surface area contributed by atoms with Crippen molar-refractivity contribution in [3.8, 4) is 0 Å². The van der Waals surface area contributed by atoms with E-state index in [2.05, 4.69) is 17.2 Å². The van der Waals surface area contributed by atoms with Gasteiger partial charge in [0.15, 0.2) is 0 Å². The van der Waals surface area contributed by atoms with Crippen molar-refractivity contribution in [1.82, 2.24) is 4.90 Å². The minimum atomic E-state index is -0.719. The molecule has 1 aliphatic heterocycles. The zero-order valence-corrected chi connectivity index (χ0v) is 12.5. The Morgan fingerprint density at radius 2 is 2.50 bits per heavy atom. The van der Waals surface area contributed by atoms with Crippen molar-refractivity contribution >= 4 is 40.7 Å². The lowest BCUT2D eigenvalue weighted by Crippen LogP contribution is -2.44. The van der Waals surface area contributed by atoms with Gasteiger partial charge in [0.25, 0.3) is 0 Å². The van der Waals surface area contributed by atoms with Crippen molar-refractivity contribution in [3.63, 3.8) is 0 Å². The molecule has 0 saturated carbocycles. The summed E-state index contributed by atoms with van der Waals surface area (Å²) in [5.41, 5.74) is 1.19. The molecule has 3 nitrogen and oxygen atoms in total. The predicted octanol–water partition coefficient (Wildman–Crippen LogP) is 3.35. The molecule has 0 amide bonds. The van der Waals surface area contributed by atoms with Gasteiger partial charge in [-0.25, -0.2) is 0 Å². The van der Waals surface area contributed by atoms with Crippen molar-refractivity contribution in [2.24, 2.45) is 0 Å². The van der Waals surface area contributed by atoms with Crippen LogP contribution in [0.4, 0.5) is 0 Å². The van der Waals surface area contributed by atoms with Gasteiger partial charge in [0.05, 0.1) is 10.8 Å². The van der Waals surface area contributed by atoms with Crippen molar-refractivity contribution < 1.29 is 9.90 Å². The second kappa shape index (κ2) is 6.28. The fraction of sp³-hybridized carbons (Fsp3) is 0.583. The molecule has 6 heteroatoms. The Morgan fingerprint density at radius 3 is 3.11 bits per heavy atom. The van der Waals surface area contributed by atoms with E-state index in [-0.39, 0.29) is 18.5 Å². The molecule has 1 saturated heterocycles. The average molecular weight is 306 g/mol. The van der Waals surface area contributed by atoms with Gasteiger partial charge in [-0.2, -0.15) is 11.8 Å². The Labute approximate surface area is 120 Å². The third-order valence-electron chi connectivity index (χ3n) is 3.25. The second-order valence-electron chi connectivity index (χ2n) is 4.42. The number of nitrogens with zero attached hydrogens (tertiary/aromatic N) is 1. The molecular formula is C12H16ClNO2S2. The summed E-state index contributed by atoms with van der Waals surface area (Å²) < 4.78 is 0.790. The quantitative estimate of drug-likeness (QED) is 0.926. The van der Waals surface area contributed by atoms with E-state index >= 15 is 0 Å². The Bertz CT molecular complexity index is 424. The lowest BCUT2D eigenvalue weighted by molar-refractivity contribution is -0.138. The molecule has 2 unspecified atom stereocenters. The summed E-state index contributed by atoms with van der Waals surface area (Å²) in [6, 6.07) is 2.34. The summed E-state index contributed by atoms with van der Waals surface area (Å²) in [6.07, 6.45) is 0.217. The molecule has 1 aromatic rings. The van der Waals surface area contributed by atoms with Gasteiger partial charge in [0.1, 0.15) is 0 Å². The van der Waals surface area contributed by atoms with E-state index in [1.54, 1.807) is 0 Å². The van der Waals surface area contributed by atoms with Gasteiger partial charge in [-0.05, 0) is 23.9 Å². The molecule has 18 heavy (non-hydrogen) atoms. The molecule has 2 atom stereocenters. The zero-order valence-electron chi connectivity index (χ0n) is 10.1. The Kier molecular flexibility index (Phi) is 4.95. The molecule has 1 fully saturated rings. The third kappa shape index (κ3) is 3.41. The topological polar surface area (TPSA) is 40.5 Å². The summed E-state index contributed by atoms with van der Waals surface area (Å²) in [5, 5.41) is 11.0. The first kappa shape index (κ1) is 14.2. The van der Waals surface area contributed by atoms with Gasteiger partial charge >= 0.3 is 5.97 Å². The van der Waals surface area contributed by atoms with E-state index in [0.717, 1.165) is 22.4 Å². The number of thioether (sulfide) groups is 1. The van der Waals surface area contributed by atoms with Crippen LogP contribution in [-0.4, -0.2) is 40.1 Å². The molecule has 0 spiro atoms. The van der Waals surface area contributed by atoms with Crippen LogP contribution in [0.1, 0.15) is 24.9 Å². The number of carbonyl (C=O) groups is 1. The van der Waals surface area contributed by atoms with Gasteiger partial charge in [-0.3, -0.25) is 9.69 Å². The molecule has 2 heterocycles. The Balaban J connectivity index is 2.10. The summed E-state index contributed by atoms with van der Waals surface area (Å²) in [7, 11) is 0. The SMILES string of the molecule is CC(c1csc(Cl)c1)N1CCSCC1CC(=O)O. The van der Waals surface area contributed by atoms with Gasteiger partial charge < -0.3 is 5.11 Å². The molecule has 2 rings (SSSR count). The predicted molar refractivity (Wildman–Crippen MR) is 77.8 cm³/mol. The second-order valence-corrected chi connectivity index (χ2v) is 7.12. The first-order chi connectivity index (χ1) is 8.58. The van der Waals surface area contributed by atoms with Crippen LogP contribution in [0.15, 0.2) is 11.4 Å². The highest BCUT2D eigenvalue weighted by molar-refractivity contribution is 7.99. The minimum absolute atomic E-state index is 0.120. The van der Waals surface area contributed by atoms with Crippen LogP contribution in [-0.2, 0) is 4.79 Å². The summed E-state index contributed by atoms with van der Waals surface area (Å²) in [4.78, 5) is 13.2. The fourth-order valence-electron chi connectivity index (χ4n) is 2.29. The fourth-order valence-corrected chi connectivity index (χ4v) is 4.35. The summed E-state index contributed by atoms with van der Waals surface area (Å²) in [5.74, 6) is 1.25. The summed E-state index contributed by atoms with van der Waals surface area (Å²) in [6.45, 7) is 3.07. The highest BCUT2D eigenvalue weighted by Crippen LogP contribution is 2.32. The van der Waals surface area contributed by atoms with Crippen molar-refractivity contribution in [2.75, 3.05) is 18.1 Å². The van der Waals surface area contributed by atoms with Crippen molar-refractivity contribution in [2.45, 2.75) is 25.4 Å². The van der Waals surface area contributed by atoms with Crippen molar-refractivity contribution in [1.29, 1.82) is 0 Å². The molecular weight excluding hydrogens is 290 g/mol. The molecule has 0 radical (unpaired) electrons. The maximum Gasteiger partial charge on any atom is 0.304 e. The highest BCUT2D eigenvalue weighted by Gasteiger charge is 2.29. The standard InChI is InChI=1S/C12H16ClNO2S2/c1-8(9-4-11(13)18-6-9)14-2-3-17-7-10(14)5-12(15)16/h4,6,8,10H,2-3,5,7H2,1H3,(H,15,16). The van der Waals surface area contributed by atoms with E-state index in [0.29, 0.717) is 0 Å². The maximum atomic E-state index is 10.9. The summed E-state index contributed by atoms with van der Waals surface area (Å²) >= 11 is 9.33. The molecule has 1 N–H and O–H groups in total. The number of carboxylic acid groups (broad SMARTS) is 1. The van der Waals surface area contributed by atoms with E-state index in [1.165, 1.54) is 16.9 Å². The smallest absolute Gasteiger partial charge is 0.304 e. The van der Waals surface area contributed by atoms with Crippen LogP contribution in [0.3, 0.4) is 0 Å². The van der Waals surface area contributed by atoms with E-state index < -0.39 is 5.97 Å². The first-order valence-electron chi connectivity index (χ1n) is 5.87. The normalized spacial score (nSPS) is 22.9. The first-order valence-corrected chi connectivity index (χ1v) is 8.28. The number of thiophene rings is 1. The molecule has 0 bridgehead atoms. The van der Waals surface area contributed by atoms with Gasteiger partial charge in [-0.1, -0.05) is 11.6 Å². The molecule has 100 valence electrons. The van der Waals surface area contributed by atoms with Crippen LogP contribution in [0.2, 0.25) is 4.34 Å². The number of hydrogen-bond acceptors (Lipinski definition) is 4. The Hall–Kier alpha value is -0.230. The van der Waals surface area contributed by atoms with Gasteiger partial charge in [0, 0.05) is 30.1 Å².